The number of nitrogens with zero attached hydrogens (tertiary/aromatic N) is 1. The summed E-state index contributed by atoms with van der Waals surface area (Å²) in [6.07, 6.45) is 1.85. The normalized spacial score (nSPS) is 11.1. The third-order valence-corrected chi connectivity index (χ3v) is 6.60. The minimum Gasteiger partial charge on any atom is -0.385 e. The molecule has 0 unspecified atom stereocenters. The van der Waals surface area contributed by atoms with Gasteiger partial charge < -0.3 is 15.4 Å². The fourth-order valence-corrected chi connectivity index (χ4v) is 4.49. The molecule has 2 amide bonds. The Bertz CT molecular complexity index is 1310. The van der Waals surface area contributed by atoms with E-state index in [1.54, 1.807) is 61.7 Å². The van der Waals surface area contributed by atoms with Crippen LogP contribution in [-0.4, -0.2) is 46.7 Å². The molecule has 0 bridgehead atoms. The lowest BCUT2D eigenvalue weighted by atomic mass is 10.1. The predicted octanol–water partition coefficient (Wildman–Crippen LogP) is 3.98. The Morgan fingerprint density at radius 3 is 2.33 bits per heavy atom. The molecule has 0 saturated carbocycles. The van der Waals surface area contributed by atoms with Gasteiger partial charge >= 0.3 is 0 Å². The summed E-state index contributed by atoms with van der Waals surface area (Å²) >= 11 is 0. The van der Waals surface area contributed by atoms with Gasteiger partial charge in [0.05, 0.1) is 29.7 Å². The summed E-state index contributed by atoms with van der Waals surface area (Å²) in [4.78, 5) is 25.4. The fourth-order valence-electron chi connectivity index (χ4n) is 3.61. The van der Waals surface area contributed by atoms with Gasteiger partial charge in [0.25, 0.3) is 11.8 Å². The molecular formula is C27H31N3O5S. The topological polar surface area (TPSA) is 105 Å². The number of methoxy groups -OCH3 is 1. The van der Waals surface area contributed by atoms with Crippen molar-refractivity contribution in [3.63, 3.8) is 0 Å². The zero-order chi connectivity index (χ0) is 26.1. The molecule has 0 heterocycles. The molecule has 9 heteroatoms. The number of carbonyl (C=O) groups excluding carboxylic acids is 2. The maximum atomic E-state index is 12.9. The van der Waals surface area contributed by atoms with Crippen LogP contribution in [0.3, 0.4) is 0 Å². The SMILES string of the molecule is COCCCNC(=O)c1ccccc1NC(=O)c1ccc(CN(c2cccc(C)c2)S(C)(=O)=O)cc1. The van der Waals surface area contributed by atoms with E-state index in [1.165, 1.54) is 10.6 Å². The quantitative estimate of drug-likeness (QED) is 0.381. The second kappa shape index (κ2) is 12.3. The highest BCUT2D eigenvalue weighted by Crippen LogP contribution is 2.22. The zero-order valence-corrected chi connectivity index (χ0v) is 21.5. The number of aryl methyl sites for hydroxylation is 1. The lowest BCUT2D eigenvalue weighted by molar-refractivity contribution is 0.0949. The molecule has 36 heavy (non-hydrogen) atoms. The minimum absolute atomic E-state index is 0.135. The predicted molar refractivity (Wildman–Crippen MR) is 142 cm³/mol. The first-order valence-corrected chi connectivity index (χ1v) is 13.3. The summed E-state index contributed by atoms with van der Waals surface area (Å²) < 4.78 is 31.2. The summed E-state index contributed by atoms with van der Waals surface area (Å²) in [6, 6.07) is 20.8. The van der Waals surface area contributed by atoms with Crippen molar-refractivity contribution < 1.29 is 22.7 Å². The molecule has 0 aliphatic carbocycles. The van der Waals surface area contributed by atoms with E-state index in [0.29, 0.717) is 42.1 Å². The summed E-state index contributed by atoms with van der Waals surface area (Å²) in [5.74, 6) is -0.658. The Morgan fingerprint density at radius 1 is 0.944 bits per heavy atom. The second-order valence-corrected chi connectivity index (χ2v) is 10.3. The van der Waals surface area contributed by atoms with Crippen molar-refractivity contribution in [2.45, 2.75) is 19.9 Å². The number of carbonyl (C=O) groups is 2. The van der Waals surface area contributed by atoms with Crippen molar-refractivity contribution in [1.82, 2.24) is 5.32 Å². The highest BCUT2D eigenvalue weighted by Gasteiger charge is 2.19. The number of anilines is 2. The molecule has 0 spiro atoms. The first kappa shape index (κ1) is 26.9. The lowest BCUT2D eigenvalue weighted by Gasteiger charge is -2.23. The van der Waals surface area contributed by atoms with Crippen LogP contribution in [0.4, 0.5) is 11.4 Å². The van der Waals surface area contributed by atoms with Gasteiger partial charge in [-0.3, -0.25) is 13.9 Å². The first-order valence-electron chi connectivity index (χ1n) is 11.5. The molecule has 0 aliphatic rings. The van der Waals surface area contributed by atoms with Crippen LogP contribution in [-0.2, 0) is 21.3 Å². The number of sulfonamides is 1. The van der Waals surface area contributed by atoms with E-state index in [0.717, 1.165) is 11.1 Å². The largest absolute Gasteiger partial charge is 0.385 e. The Kier molecular flexibility index (Phi) is 9.21. The van der Waals surface area contributed by atoms with E-state index >= 15 is 0 Å². The Labute approximate surface area is 212 Å². The molecule has 0 fully saturated rings. The number of rotatable bonds is 11. The van der Waals surface area contributed by atoms with E-state index in [-0.39, 0.29) is 18.4 Å². The van der Waals surface area contributed by atoms with Crippen LogP contribution in [0.15, 0.2) is 72.8 Å². The Hall–Kier alpha value is -3.69. The number of amides is 2. The molecule has 190 valence electrons. The number of hydrogen-bond acceptors (Lipinski definition) is 5. The van der Waals surface area contributed by atoms with E-state index in [4.69, 9.17) is 4.74 Å². The maximum Gasteiger partial charge on any atom is 0.255 e. The smallest absolute Gasteiger partial charge is 0.255 e. The number of hydrogen-bond donors (Lipinski definition) is 2. The number of nitrogens with one attached hydrogen (secondary N) is 2. The standard InChI is InChI=1S/C27H31N3O5S/c1-20-8-6-9-23(18-20)30(36(3,33)34)19-21-12-14-22(15-13-21)26(31)29-25-11-5-4-10-24(25)27(32)28-16-7-17-35-2/h4-6,8-15,18H,7,16-17,19H2,1-3H3,(H,28,32)(H,29,31). The van der Waals surface area contributed by atoms with Crippen LogP contribution in [0, 0.1) is 6.92 Å². The van der Waals surface area contributed by atoms with Crippen molar-refractivity contribution in [2.75, 3.05) is 36.1 Å². The average molecular weight is 510 g/mol. The van der Waals surface area contributed by atoms with Crippen LogP contribution in [0.1, 0.15) is 38.3 Å². The van der Waals surface area contributed by atoms with Gasteiger partial charge in [0.2, 0.25) is 10.0 Å². The van der Waals surface area contributed by atoms with E-state index in [9.17, 15) is 18.0 Å². The summed E-state index contributed by atoms with van der Waals surface area (Å²) in [5, 5.41) is 5.61. The molecule has 0 radical (unpaired) electrons. The minimum atomic E-state index is -3.51. The van der Waals surface area contributed by atoms with Gasteiger partial charge in [0.15, 0.2) is 0 Å². The van der Waals surface area contributed by atoms with Crippen LogP contribution in [0.5, 0.6) is 0 Å². The second-order valence-electron chi connectivity index (χ2n) is 8.41. The number of ether oxygens (including phenoxy) is 1. The van der Waals surface area contributed by atoms with E-state index < -0.39 is 10.0 Å². The number of para-hydroxylation sites is 1. The summed E-state index contributed by atoms with van der Waals surface area (Å²) in [7, 11) is -1.91. The van der Waals surface area contributed by atoms with Gasteiger partial charge in [-0.2, -0.15) is 0 Å². The van der Waals surface area contributed by atoms with Crippen LogP contribution >= 0.6 is 0 Å². The van der Waals surface area contributed by atoms with Gasteiger partial charge in [-0.1, -0.05) is 36.4 Å². The van der Waals surface area contributed by atoms with Gasteiger partial charge in [-0.05, 0) is 60.9 Å². The molecule has 0 aromatic heterocycles. The van der Waals surface area contributed by atoms with Crippen LogP contribution in [0.25, 0.3) is 0 Å². The van der Waals surface area contributed by atoms with Crippen molar-refractivity contribution in [3.8, 4) is 0 Å². The molecule has 3 aromatic carbocycles. The van der Waals surface area contributed by atoms with Crippen molar-refractivity contribution in [3.05, 3.63) is 95.1 Å². The molecule has 0 aliphatic heterocycles. The van der Waals surface area contributed by atoms with Gasteiger partial charge in [-0.15, -0.1) is 0 Å². The van der Waals surface area contributed by atoms with Crippen molar-refractivity contribution >= 4 is 33.2 Å². The molecule has 3 aromatic rings. The molecule has 2 N–H and O–H groups in total. The Morgan fingerprint density at radius 2 is 1.67 bits per heavy atom. The molecule has 0 atom stereocenters. The lowest BCUT2D eigenvalue weighted by Crippen LogP contribution is -2.29. The fraction of sp³-hybridized carbons (Fsp3) is 0.259. The first-order chi connectivity index (χ1) is 17.2. The molecular weight excluding hydrogens is 478 g/mol. The van der Waals surface area contributed by atoms with Gasteiger partial charge in [-0.25, -0.2) is 8.42 Å². The summed E-state index contributed by atoms with van der Waals surface area (Å²) in [6.45, 7) is 3.04. The molecule has 8 nitrogen and oxygen atoms in total. The van der Waals surface area contributed by atoms with Gasteiger partial charge in [0, 0.05) is 25.8 Å². The Balaban J connectivity index is 1.71. The number of benzene rings is 3. The molecule has 3 rings (SSSR count). The summed E-state index contributed by atoms with van der Waals surface area (Å²) in [5.41, 5.74) is 3.42. The zero-order valence-electron chi connectivity index (χ0n) is 20.7. The van der Waals surface area contributed by atoms with Crippen LogP contribution < -0.4 is 14.9 Å². The van der Waals surface area contributed by atoms with Gasteiger partial charge in [0.1, 0.15) is 0 Å². The average Bonchev–Trinajstić information content (AvgIpc) is 2.85. The maximum absolute atomic E-state index is 12.9. The third-order valence-electron chi connectivity index (χ3n) is 5.46. The van der Waals surface area contributed by atoms with Crippen LogP contribution in [0.2, 0.25) is 0 Å². The third kappa shape index (κ3) is 7.40. The van der Waals surface area contributed by atoms with Crippen molar-refractivity contribution in [1.29, 1.82) is 0 Å². The highest BCUT2D eigenvalue weighted by atomic mass is 32.2. The molecule has 0 saturated heterocycles. The van der Waals surface area contributed by atoms with E-state index in [2.05, 4.69) is 10.6 Å². The van der Waals surface area contributed by atoms with E-state index in [1.807, 2.05) is 25.1 Å². The monoisotopic (exact) mass is 509 g/mol. The highest BCUT2D eigenvalue weighted by molar-refractivity contribution is 7.92. The van der Waals surface area contributed by atoms with Crippen molar-refractivity contribution in [2.24, 2.45) is 0 Å².